The average molecular weight is 272 g/mol. The Bertz CT molecular complexity index is 944. The molecule has 0 heteroatoms. The van der Waals surface area contributed by atoms with Gasteiger partial charge in [-0.1, -0.05) is 74.2 Å². The molecule has 0 unspecified atom stereocenters. The molecule has 0 saturated carbocycles. The van der Waals surface area contributed by atoms with E-state index in [1.165, 1.54) is 43.5 Å². The molecular formula is C21H20. The van der Waals surface area contributed by atoms with Crippen molar-refractivity contribution in [1.29, 1.82) is 0 Å². The van der Waals surface area contributed by atoms with E-state index in [9.17, 15) is 0 Å². The molecule has 4 aromatic carbocycles. The van der Waals surface area contributed by atoms with Crippen LogP contribution in [0.1, 0.15) is 19.9 Å². The average Bonchev–Trinajstić information content (AvgIpc) is 2.45. The highest BCUT2D eigenvalue weighted by Crippen LogP contribution is 2.36. The summed E-state index contributed by atoms with van der Waals surface area (Å²) in [6, 6.07) is 20.0. The third-order valence-corrected chi connectivity index (χ3v) is 4.09. The quantitative estimate of drug-likeness (QED) is 0.295. The molecule has 0 bridgehead atoms. The Kier molecular flexibility index (Phi) is 3.17. The first kappa shape index (κ1) is 13.6. The van der Waals surface area contributed by atoms with E-state index in [0.717, 1.165) is 6.42 Å². The summed E-state index contributed by atoms with van der Waals surface area (Å²) in [6.07, 6.45) is 0.948. The summed E-state index contributed by atoms with van der Waals surface area (Å²) in [6.45, 7) is 6.18. The lowest BCUT2D eigenvalue weighted by Crippen LogP contribution is -1.91. The zero-order chi connectivity index (χ0) is 13.7. The van der Waals surface area contributed by atoms with E-state index in [1.54, 1.807) is 0 Å². The van der Waals surface area contributed by atoms with Crippen LogP contribution in [-0.4, -0.2) is 0 Å². The lowest BCUT2D eigenvalue weighted by molar-refractivity contribution is 1.18. The second-order valence-corrected chi connectivity index (χ2v) is 5.72. The van der Waals surface area contributed by atoms with Gasteiger partial charge in [-0.25, -0.2) is 0 Å². The normalized spacial score (nSPS) is 11.1. The van der Waals surface area contributed by atoms with Crippen LogP contribution >= 0.6 is 0 Å². The van der Waals surface area contributed by atoms with Crippen LogP contribution in [0.2, 0.25) is 0 Å². The highest BCUT2D eigenvalue weighted by atomic mass is 14.1. The fraction of sp³-hybridized carbons (Fsp3) is 0.143. The Morgan fingerprint density at radius 1 is 0.857 bits per heavy atom. The van der Waals surface area contributed by atoms with Crippen LogP contribution in [0.15, 0.2) is 66.7 Å². The third kappa shape index (κ3) is 1.99. The van der Waals surface area contributed by atoms with E-state index in [1.807, 2.05) is 0 Å². The monoisotopic (exact) mass is 272 g/mol. The summed E-state index contributed by atoms with van der Waals surface area (Å²) in [7, 11) is 0. The molecular weight excluding hydrogens is 252 g/mol. The number of hydrogen-bond acceptors (Lipinski definition) is 0. The smallest absolute Gasteiger partial charge is 0.00239 e. The van der Waals surface area contributed by atoms with Crippen molar-refractivity contribution in [2.75, 3.05) is 0 Å². The fourth-order valence-corrected chi connectivity index (χ4v) is 3.31. The van der Waals surface area contributed by atoms with Crippen molar-refractivity contribution in [2.45, 2.75) is 20.8 Å². The van der Waals surface area contributed by atoms with Crippen LogP contribution in [-0.2, 0) is 6.42 Å². The van der Waals surface area contributed by atoms with Gasteiger partial charge in [0.05, 0.1) is 0 Å². The van der Waals surface area contributed by atoms with E-state index in [-0.39, 0.29) is 7.43 Å². The zero-order valence-corrected chi connectivity index (χ0v) is 11.6. The van der Waals surface area contributed by atoms with Crippen molar-refractivity contribution >= 4 is 32.3 Å². The molecule has 4 aromatic rings. The minimum Gasteiger partial charge on any atom is -0.0998 e. The fourth-order valence-electron chi connectivity index (χ4n) is 3.31. The van der Waals surface area contributed by atoms with E-state index in [2.05, 4.69) is 68.1 Å². The molecule has 104 valence electrons. The van der Waals surface area contributed by atoms with Gasteiger partial charge in [-0.15, -0.1) is 0 Å². The maximum atomic E-state index is 4.08. The van der Waals surface area contributed by atoms with Crippen LogP contribution < -0.4 is 0 Å². The summed E-state index contributed by atoms with van der Waals surface area (Å²) < 4.78 is 0. The van der Waals surface area contributed by atoms with Gasteiger partial charge in [-0.05, 0) is 51.2 Å². The molecule has 0 aromatic heterocycles. The molecule has 4 rings (SSSR count). The van der Waals surface area contributed by atoms with Crippen molar-refractivity contribution in [1.82, 2.24) is 0 Å². The van der Waals surface area contributed by atoms with Gasteiger partial charge in [0.15, 0.2) is 0 Å². The van der Waals surface area contributed by atoms with Gasteiger partial charge in [0.1, 0.15) is 0 Å². The standard InChI is InChI=1S/C20H16.CH4/c1-13(2)11-17-12-16-7-3-5-14-9-10-15-6-4-8-18(17)20(15)19(14)16;/h3-10,12H,1,11H2,2H3;1H4. The predicted octanol–water partition coefficient (Wildman–Crippen LogP) is 6.34. The number of benzene rings is 4. The molecule has 0 nitrogen and oxygen atoms in total. The maximum Gasteiger partial charge on any atom is -0.00239 e. The summed E-state index contributed by atoms with van der Waals surface area (Å²) >= 11 is 0. The molecule has 0 N–H and O–H groups in total. The second kappa shape index (κ2) is 4.89. The number of rotatable bonds is 2. The molecule has 0 atom stereocenters. The minimum atomic E-state index is 0. The van der Waals surface area contributed by atoms with Gasteiger partial charge in [-0.3, -0.25) is 0 Å². The Labute approximate surface area is 126 Å². The lowest BCUT2D eigenvalue weighted by Gasteiger charge is -2.14. The van der Waals surface area contributed by atoms with Gasteiger partial charge in [0.25, 0.3) is 0 Å². The molecule has 0 fully saturated rings. The molecule has 0 saturated heterocycles. The maximum absolute atomic E-state index is 4.08. The summed E-state index contributed by atoms with van der Waals surface area (Å²) in [5, 5.41) is 8.16. The van der Waals surface area contributed by atoms with Crippen molar-refractivity contribution in [3.63, 3.8) is 0 Å². The first-order valence-electron chi connectivity index (χ1n) is 7.04. The van der Waals surface area contributed by atoms with Crippen molar-refractivity contribution in [2.24, 2.45) is 0 Å². The molecule has 0 aliphatic heterocycles. The largest absolute Gasteiger partial charge is 0.0998 e. The van der Waals surface area contributed by atoms with Gasteiger partial charge in [0.2, 0.25) is 0 Å². The summed E-state index contributed by atoms with van der Waals surface area (Å²) in [5.74, 6) is 0. The molecule has 21 heavy (non-hydrogen) atoms. The van der Waals surface area contributed by atoms with Crippen LogP contribution in [0, 0.1) is 0 Å². The van der Waals surface area contributed by atoms with Crippen LogP contribution in [0.3, 0.4) is 0 Å². The minimum absolute atomic E-state index is 0. The van der Waals surface area contributed by atoms with E-state index >= 15 is 0 Å². The van der Waals surface area contributed by atoms with E-state index in [0.29, 0.717) is 0 Å². The second-order valence-electron chi connectivity index (χ2n) is 5.72. The first-order chi connectivity index (χ1) is 9.74. The highest BCUT2D eigenvalue weighted by molar-refractivity contribution is 6.23. The summed E-state index contributed by atoms with van der Waals surface area (Å²) in [4.78, 5) is 0. The lowest BCUT2D eigenvalue weighted by atomic mass is 9.90. The molecule has 0 radical (unpaired) electrons. The van der Waals surface area contributed by atoms with Gasteiger partial charge in [-0.2, -0.15) is 0 Å². The van der Waals surface area contributed by atoms with E-state index < -0.39 is 0 Å². The first-order valence-corrected chi connectivity index (χ1v) is 7.04. The SMILES string of the molecule is C.C=C(C)Cc1cc2cccc3ccc4cccc1c4c32. The van der Waals surface area contributed by atoms with Crippen molar-refractivity contribution in [3.05, 3.63) is 72.3 Å². The van der Waals surface area contributed by atoms with Crippen molar-refractivity contribution < 1.29 is 0 Å². The predicted molar refractivity (Wildman–Crippen MR) is 95.4 cm³/mol. The highest BCUT2D eigenvalue weighted by Gasteiger charge is 2.11. The Balaban J connectivity index is 0.00000132. The van der Waals surface area contributed by atoms with Gasteiger partial charge in [0, 0.05) is 0 Å². The third-order valence-electron chi connectivity index (χ3n) is 4.09. The Morgan fingerprint density at radius 3 is 2.19 bits per heavy atom. The Hall–Kier alpha value is -2.34. The summed E-state index contributed by atoms with van der Waals surface area (Å²) in [5.41, 5.74) is 2.59. The van der Waals surface area contributed by atoms with Gasteiger partial charge < -0.3 is 0 Å². The van der Waals surface area contributed by atoms with Crippen LogP contribution in [0.5, 0.6) is 0 Å². The molecule has 0 aliphatic rings. The van der Waals surface area contributed by atoms with Gasteiger partial charge >= 0.3 is 0 Å². The van der Waals surface area contributed by atoms with Crippen LogP contribution in [0.25, 0.3) is 32.3 Å². The van der Waals surface area contributed by atoms with E-state index in [4.69, 9.17) is 0 Å². The van der Waals surface area contributed by atoms with Crippen molar-refractivity contribution in [3.8, 4) is 0 Å². The van der Waals surface area contributed by atoms with Crippen LogP contribution in [0.4, 0.5) is 0 Å². The molecule has 0 amide bonds. The zero-order valence-electron chi connectivity index (χ0n) is 11.6. The molecule has 0 spiro atoms. The number of hydrogen-bond donors (Lipinski definition) is 0. The molecule has 0 aliphatic carbocycles. The Morgan fingerprint density at radius 2 is 1.48 bits per heavy atom. The molecule has 0 heterocycles. The topological polar surface area (TPSA) is 0 Å². The number of allylic oxidation sites excluding steroid dienone is 1.